The minimum atomic E-state index is -0.461. The molecule has 0 saturated carbocycles. The van der Waals surface area contributed by atoms with Crippen molar-refractivity contribution in [2.75, 3.05) is 0 Å². The number of aryl methyl sites for hydroxylation is 1. The molecule has 0 unspecified atom stereocenters. The molecule has 2 heterocycles. The molecule has 0 spiro atoms. The molecule has 1 aliphatic heterocycles. The Morgan fingerprint density at radius 1 is 0.711 bits per heavy atom. The van der Waals surface area contributed by atoms with Gasteiger partial charge in [-0.05, 0) is 110 Å². The van der Waals surface area contributed by atoms with Gasteiger partial charge in [0, 0.05) is 35.1 Å². The van der Waals surface area contributed by atoms with Crippen LogP contribution in [-0.4, -0.2) is 15.8 Å². The molecular formula is C36H30Cl4O5. The molecule has 0 saturated heterocycles. The van der Waals surface area contributed by atoms with E-state index >= 15 is 0 Å². The average molecular weight is 684 g/mol. The fraction of sp³-hybridized carbons (Fsp3) is 0.194. The first-order chi connectivity index (χ1) is 21.2. The lowest BCUT2D eigenvalue weighted by atomic mass is 9.83. The average Bonchev–Trinajstić information content (AvgIpc) is 2.96. The van der Waals surface area contributed by atoms with Gasteiger partial charge in [-0.25, -0.2) is 4.79 Å². The second-order valence-corrected chi connectivity index (χ2v) is 13.0. The highest BCUT2D eigenvalue weighted by atomic mass is 35.5. The van der Waals surface area contributed by atoms with Crippen molar-refractivity contribution >= 4 is 62.9 Å². The van der Waals surface area contributed by atoms with Crippen molar-refractivity contribution in [2.24, 2.45) is 0 Å². The maximum atomic E-state index is 12.2. The Kier molecular flexibility index (Phi) is 9.48. The van der Waals surface area contributed by atoms with Crippen LogP contribution in [0.1, 0.15) is 48.6 Å². The predicted octanol–water partition coefficient (Wildman–Crippen LogP) is 10.6. The Morgan fingerprint density at radius 3 is 1.91 bits per heavy atom. The summed E-state index contributed by atoms with van der Waals surface area (Å²) >= 11 is 24.0. The SMILES string of the molecule is CC1=C(Cc2ccc(Cl)c(Cl)c2)C(C)(C)Oc2cc(O)ccc21.Cc1c(Cc2ccc(Cl)c(Cl)c2)c(=O)oc2cc(O)ccc12. The standard InChI is InChI=1S/C19H18Cl2O2.C17H12Cl2O3/c1-11-14-6-5-13(22)10-18(14)23-19(2,3)15(11)8-12-4-7-16(20)17(21)9-12;1-9-12-4-3-11(20)8-16(12)22-17(21)13(9)6-10-2-5-14(18)15(19)7-10/h4-7,9-10,22H,8H2,1-3H3;2-5,7-8,20H,6H2,1H3. The molecule has 0 amide bonds. The Bertz CT molecular complexity index is 2030. The van der Waals surface area contributed by atoms with Crippen molar-refractivity contribution in [3.8, 4) is 17.2 Å². The third-order valence-electron chi connectivity index (χ3n) is 7.91. The van der Waals surface area contributed by atoms with Gasteiger partial charge >= 0.3 is 5.63 Å². The maximum absolute atomic E-state index is 12.2. The molecular weight excluding hydrogens is 654 g/mol. The number of aromatic hydroxyl groups is 2. The molecule has 0 bridgehead atoms. The summed E-state index contributed by atoms with van der Waals surface area (Å²) in [5.41, 5.74) is 6.23. The van der Waals surface area contributed by atoms with Crippen LogP contribution < -0.4 is 10.4 Å². The summed E-state index contributed by atoms with van der Waals surface area (Å²) in [5, 5.41) is 22.0. The third kappa shape index (κ3) is 7.13. The van der Waals surface area contributed by atoms with Crippen LogP contribution in [0, 0.1) is 6.92 Å². The van der Waals surface area contributed by atoms with E-state index < -0.39 is 11.2 Å². The molecule has 0 fully saturated rings. The van der Waals surface area contributed by atoms with Crippen molar-refractivity contribution < 1.29 is 19.4 Å². The van der Waals surface area contributed by atoms with E-state index in [1.807, 2.05) is 51.1 Å². The molecule has 5 nitrogen and oxygen atoms in total. The molecule has 4 aromatic carbocycles. The number of hydrogen-bond donors (Lipinski definition) is 2. The van der Waals surface area contributed by atoms with Gasteiger partial charge < -0.3 is 19.4 Å². The molecule has 0 atom stereocenters. The third-order valence-corrected chi connectivity index (χ3v) is 9.39. The first-order valence-electron chi connectivity index (χ1n) is 14.1. The number of allylic oxidation sites excluding steroid dienone is 1. The minimum Gasteiger partial charge on any atom is -0.508 e. The normalized spacial score (nSPS) is 13.6. The number of benzene rings is 4. The van der Waals surface area contributed by atoms with E-state index in [9.17, 15) is 15.0 Å². The lowest BCUT2D eigenvalue weighted by Gasteiger charge is -2.36. The topological polar surface area (TPSA) is 79.9 Å². The zero-order valence-corrected chi connectivity index (χ0v) is 28.0. The number of hydrogen-bond acceptors (Lipinski definition) is 5. The van der Waals surface area contributed by atoms with Gasteiger partial charge in [-0.1, -0.05) is 58.5 Å². The highest BCUT2D eigenvalue weighted by molar-refractivity contribution is 6.42. The lowest BCUT2D eigenvalue weighted by Crippen LogP contribution is -2.35. The molecule has 9 heteroatoms. The Hall–Kier alpha value is -3.61. The lowest BCUT2D eigenvalue weighted by molar-refractivity contribution is 0.141. The van der Waals surface area contributed by atoms with Gasteiger partial charge in [0.25, 0.3) is 0 Å². The van der Waals surface area contributed by atoms with E-state index in [2.05, 4.69) is 6.92 Å². The first kappa shape index (κ1) is 32.8. The zero-order chi connectivity index (χ0) is 32.6. The van der Waals surface area contributed by atoms with E-state index in [1.54, 1.807) is 36.4 Å². The molecule has 5 aromatic rings. The number of rotatable bonds is 4. The van der Waals surface area contributed by atoms with Crippen molar-refractivity contribution in [2.45, 2.75) is 46.1 Å². The van der Waals surface area contributed by atoms with Crippen molar-refractivity contribution in [1.29, 1.82) is 0 Å². The van der Waals surface area contributed by atoms with Gasteiger partial charge in [-0.3, -0.25) is 0 Å². The summed E-state index contributed by atoms with van der Waals surface area (Å²) < 4.78 is 11.4. The zero-order valence-electron chi connectivity index (χ0n) is 25.0. The smallest absolute Gasteiger partial charge is 0.340 e. The quantitative estimate of drug-likeness (QED) is 0.184. The van der Waals surface area contributed by atoms with E-state index in [4.69, 9.17) is 55.6 Å². The van der Waals surface area contributed by atoms with Gasteiger partial charge in [0.2, 0.25) is 0 Å². The van der Waals surface area contributed by atoms with E-state index in [1.165, 1.54) is 17.2 Å². The van der Waals surface area contributed by atoms with Crippen LogP contribution in [0.25, 0.3) is 16.5 Å². The maximum Gasteiger partial charge on any atom is 0.340 e. The van der Waals surface area contributed by atoms with Gasteiger partial charge in [0.15, 0.2) is 0 Å². The molecule has 1 aromatic heterocycles. The Balaban J connectivity index is 0.000000178. The number of ether oxygens (including phenoxy) is 1. The van der Waals surface area contributed by atoms with Crippen LogP contribution in [0.4, 0.5) is 0 Å². The number of halogens is 4. The van der Waals surface area contributed by atoms with Crippen LogP contribution in [0.3, 0.4) is 0 Å². The molecule has 1 aliphatic rings. The molecule has 2 N–H and O–H groups in total. The first-order valence-corrected chi connectivity index (χ1v) is 15.6. The van der Waals surface area contributed by atoms with Crippen LogP contribution in [0.15, 0.2) is 87.6 Å². The van der Waals surface area contributed by atoms with Gasteiger partial charge in [-0.15, -0.1) is 0 Å². The summed E-state index contributed by atoms with van der Waals surface area (Å²) in [4.78, 5) is 12.2. The van der Waals surface area contributed by atoms with Crippen molar-refractivity contribution in [3.63, 3.8) is 0 Å². The van der Waals surface area contributed by atoms with Gasteiger partial charge in [0.05, 0.1) is 20.1 Å². The summed E-state index contributed by atoms with van der Waals surface area (Å²) in [5.74, 6) is 0.984. The minimum absolute atomic E-state index is 0.0623. The fourth-order valence-electron chi connectivity index (χ4n) is 5.50. The number of phenolic OH excluding ortho intramolecular Hbond substituents is 2. The summed E-state index contributed by atoms with van der Waals surface area (Å²) in [6.07, 6.45) is 1.14. The molecule has 232 valence electrons. The van der Waals surface area contributed by atoms with Crippen LogP contribution in [0.2, 0.25) is 20.1 Å². The van der Waals surface area contributed by atoms with E-state index in [0.29, 0.717) is 43.4 Å². The van der Waals surface area contributed by atoms with Crippen LogP contribution >= 0.6 is 46.4 Å². The predicted molar refractivity (Wildman–Crippen MR) is 184 cm³/mol. The second-order valence-electron chi connectivity index (χ2n) is 11.4. The van der Waals surface area contributed by atoms with Crippen molar-refractivity contribution in [1.82, 2.24) is 0 Å². The summed E-state index contributed by atoms with van der Waals surface area (Å²) in [6, 6.07) is 20.9. The van der Waals surface area contributed by atoms with E-state index in [-0.39, 0.29) is 11.5 Å². The molecule has 0 radical (unpaired) electrons. The van der Waals surface area contributed by atoms with Gasteiger partial charge in [-0.2, -0.15) is 0 Å². The van der Waals surface area contributed by atoms with Crippen molar-refractivity contribution in [3.05, 3.63) is 137 Å². The monoisotopic (exact) mass is 682 g/mol. The largest absolute Gasteiger partial charge is 0.508 e. The molecule has 0 aliphatic carbocycles. The summed E-state index contributed by atoms with van der Waals surface area (Å²) in [7, 11) is 0. The summed E-state index contributed by atoms with van der Waals surface area (Å²) in [6.45, 7) is 8.03. The highest BCUT2D eigenvalue weighted by Crippen LogP contribution is 2.43. The van der Waals surface area contributed by atoms with E-state index in [0.717, 1.165) is 34.1 Å². The second kappa shape index (κ2) is 13.0. The Labute approximate surface area is 281 Å². The van der Waals surface area contributed by atoms with Gasteiger partial charge in [0.1, 0.15) is 28.4 Å². The highest BCUT2D eigenvalue weighted by Gasteiger charge is 2.33. The molecule has 6 rings (SSSR count). The number of fused-ring (bicyclic) bond motifs is 2. The van der Waals surface area contributed by atoms with Crippen LogP contribution in [-0.2, 0) is 12.8 Å². The fourth-order valence-corrected chi connectivity index (χ4v) is 6.14. The Morgan fingerprint density at radius 2 is 1.29 bits per heavy atom. The molecule has 45 heavy (non-hydrogen) atoms. The number of phenols is 2. The van der Waals surface area contributed by atoms with Crippen LogP contribution in [0.5, 0.6) is 17.2 Å².